The van der Waals surface area contributed by atoms with Crippen molar-refractivity contribution in [3.63, 3.8) is 0 Å². The fourth-order valence-electron chi connectivity index (χ4n) is 2.12. The minimum absolute atomic E-state index is 0.225. The molecule has 2 nitrogen and oxygen atoms in total. The fourth-order valence-corrected chi connectivity index (χ4v) is 3.85. The highest BCUT2D eigenvalue weighted by molar-refractivity contribution is 7.99. The van der Waals surface area contributed by atoms with E-state index in [0.717, 1.165) is 10.6 Å². The third kappa shape index (κ3) is 3.98. The molecule has 126 valence electrons. The molecule has 2 aromatic rings. The van der Waals surface area contributed by atoms with Crippen LogP contribution in [0.25, 0.3) is 5.69 Å². The molecule has 0 fully saturated rings. The lowest BCUT2D eigenvalue weighted by molar-refractivity contribution is -0.105. The van der Waals surface area contributed by atoms with Gasteiger partial charge in [0, 0.05) is 22.5 Å². The summed E-state index contributed by atoms with van der Waals surface area (Å²) >= 11 is 2.08. The maximum atomic E-state index is 14.4. The Hall–Kier alpha value is -1.28. The zero-order valence-corrected chi connectivity index (χ0v) is 14.7. The Morgan fingerprint density at radius 3 is 2.43 bits per heavy atom. The molecule has 23 heavy (non-hydrogen) atoms. The van der Waals surface area contributed by atoms with Crippen molar-refractivity contribution in [1.29, 1.82) is 0 Å². The molecule has 0 saturated carbocycles. The maximum absolute atomic E-state index is 14.4. The van der Waals surface area contributed by atoms with Gasteiger partial charge in [0.15, 0.2) is 4.80 Å². The van der Waals surface area contributed by atoms with Crippen LogP contribution in [0.4, 0.5) is 17.6 Å². The van der Waals surface area contributed by atoms with Crippen molar-refractivity contribution in [2.75, 3.05) is 12.8 Å². The summed E-state index contributed by atoms with van der Waals surface area (Å²) in [4.78, 5) is 6.14. The van der Waals surface area contributed by atoms with Crippen LogP contribution in [0.3, 0.4) is 0 Å². The number of benzene rings is 1. The van der Waals surface area contributed by atoms with Gasteiger partial charge in [-0.05, 0) is 38.5 Å². The fraction of sp³-hybridized carbons (Fsp3) is 0.400. The molecule has 0 aliphatic rings. The molecule has 0 unspecified atom stereocenters. The predicted molar refractivity (Wildman–Crippen MR) is 86.1 cm³/mol. The van der Waals surface area contributed by atoms with E-state index in [1.54, 1.807) is 18.5 Å². The second-order valence-corrected chi connectivity index (χ2v) is 7.26. The summed E-state index contributed by atoms with van der Waals surface area (Å²) in [5.74, 6) is -1.48. The maximum Gasteiger partial charge on any atom is 0.398 e. The van der Waals surface area contributed by atoms with Gasteiger partial charge in [-0.2, -0.15) is 13.2 Å². The first-order chi connectivity index (χ1) is 10.6. The summed E-state index contributed by atoms with van der Waals surface area (Å²) in [5.41, 5.74) is 1.54. The van der Waals surface area contributed by atoms with Crippen molar-refractivity contribution in [3.05, 3.63) is 38.9 Å². The SMILES string of the molecule is CN=c1sc(C)c(C)n1-c1cc(SCC(F)(F)F)c(C)cc1F. The van der Waals surface area contributed by atoms with E-state index in [2.05, 4.69) is 4.99 Å². The van der Waals surface area contributed by atoms with E-state index in [1.165, 1.54) is 23.5 Å². The van der Waals surface area contributed by atoms with Gasteiger partial charge >= 0.3 is 6.18 Å². The minimum Gasteiger partial charge on any atom is -0.287 e. The monoisotopic (exact) mass is 364 g/mol. The second-order valence-electron chi connectivity index (χ2n) is 5.06. The Morgan fingerprint density at radius 1 is 1.22 bits per heavy atom. The van der Waals surface area contributed by atoms with Crippen LogP contribution in [0.1, 0.15) is 16.1 Å². The van der Waals surface area contributed by atoms with Gasteiger partial charge in [0.1, 0.15) is 5.82 Å². The van der Waals surface area contributed by atoms with Gasteiger partial charge in [-0.3, -0.25) is 9.56 Å². The summed E-state index contributed by atoms with van der Waals surface area (Å²) in [5, 5.41) is 0. The third-order valence-corrected chi connectivity index (χ3v) is 5.72. The lowest BCUT2D eigenvalue weighted by Gasteiger charge is -2.13. The minimum atomic E-state index is -4.27. The highest BCUT2D eigenvalue weighted by Gasteiger charge is 2.28. The first-order valence-corrected chi connectivity index (χ1v) is 8.56. The number of alkyl halides is 3. The molecule has 0 radical (unpaired) electrons. The average molecular weight is 364 g/mol. The van der Waals surface area contributed by atoms with Gasteiger partial charge in [0.25, 0.3) is 0 Å². The van der Waals surface area contributed by atoms with Gasteiger partial charge in [-0.1, -0.05) is 0 Å². The van der Waals surface area contributed by atoms with E-state index >= 15 is 0 Å². The van der Waals surface area contributed by atoms with E-state index in [1.807, 2.05) is 13.8 Å². The molecule has 0 atom stereocenters. The molecule has 0 amide bonds. The van der Waals surface area contributed by atoms with Crippen LogP contribution >= 0.6 is 23.1 Å². The summed E-state index contributed by atoms with van der Waals surface area (Å²) in [6.45, 7) is 5.34. The van der Waals surface area contributed by atoms with E-state index in [9.17, 15) is 17.6 Å². The first kappa shape index (κ1) is 18.1. The lowest BCUT2D eigenvalue weighted by Crippen LogP contribution is -2.16. The van der Waals surface area contributed by atoms with Crippen LogP contribution < -0.4 is 4.80 Å². The summed E-state index contributed by atoms with van der Waals surface area (Å²) in [6.07, 6.45) is -4.27. The molecule has 1 aromatic carbocycles. The van der Waals surface area contributed by atoms with Crippen LogP contribution in [0.2, 0.25) is 0 Å². The Bertz CT molecular complexity index is 788. The number of halogens is 4. The zero-order chi connectivity index (χ0) is 17.4. The quantitative estimate of drug-likeness (QED) is 0.565. The van der Waals surface area contributed by atoms with Crippen LogP contribution in [0.15, 0.2) is 22.0 Å². The molecule has 0 bridgehead atoms. The van der Waals surface area contributed by atoms with Crippen molar-refractivity contribution in [2.24, 2.45) is 4.99 Å². The number of hydrogen-bond donors (Lipinski definition) is 0. The normalized spacial score (nSPS) is 13.0. The Balaban J connectivity index is 2.56. The third-order valence-electron chi connectivity index (χ3n) is 3.35. The van der Waals surface area contributed by atoms with Crippen LogP contribution in [-0.2, 0) is 0 Å². The lowest BCUT2D eigenvalue weighted by atomic mass is 10.2. The van der Waals surface area contributed by atoms with Crippen LogP contribution in [0.5, 0.6) is 0 Å². The van der Waals surface area contributed by atoms with E-state index < -0.39 is 17.7 Å². The van der Waals surface area contributed by atoms with Gasteiger partial charge in [-0.25, -0.2) is 4.39 Å². The molecule has 0 spiro atoms. The summed E-state index contributed by atoms with van der Waals surface area (Å²) in [6, 6.07) is 2.74. The Kier molecular flexibility index (Phi) is 5.25. The Labute approximate surface area is 139 Å². The molecular weight excluding hydrogens is 348 g/mol. The number of rotatable bonds is 3. The van der Waals surface area contributed by atoms with Gasteiger partial charge in [0.2, 0.25) is 0 Å². The number of aromatic nitrogens is 1. The van der Waals surface area contributed by atoms with Crippen molar-refractivity contribution in [2.45, 2.75) is 31.8 Å². The number of nitrogens with zero attached hydrogens (tertiary/aromatic N) is 2. The average Bonchev–Trinajstić information content (AvgIpc) is 2.73. The standard InChI is InChI=1S/C15H16F4N2S2/c1-8-5-11(16)12(6-13(8)22-7-15(17,18)19)21-9(2)10(3)23-14(21)20-4/h5-6H,7H2,1-4H3. The first-order valence-electron chi connectivity index (χ1n) is 6.76. The van der Waals surface area contributed by atoms with Crippen LogP contribution in [-0.4, -0.2) is 23.5 Å². The van der Waals surface area contributed by atoms with Gasteiger partial charge in [-0.15, -0.1) is 23.1 Å². The molecule has 8 heteroatoms. The van der Waals surface area contributed by atoms with E-state index in [4.69, 9.17) is 0 Å². The zero-order valence-electron chi connectivity index (χ0n) is 13.1. The number of thiazole rings is 1. The van der Waals surface area contributed by atoms with Crippen molar-refractivity contribution >= 4 is 23.1 Å². The highest BCUT2D eigenvalue weighted by Crippen LogP contribution is 2.32. The number of aryl methyl sites for hydroxylation is 2. The van der Waals surface area contributed by atoms with Crippen LogP contribution in [0, 0.1) is 26.6 Å². The molecule has 1 aromatic heterocycles. The molecule has 0 aliphatic carbocycles. The topological polar surface area (TPSA) is 17.3 Å². The van der Waals surface area contributed by atoms with Crippen molar-refractivity contribution < 1.29 is 17.6 Å². The summed E-state index contributed by atoms with van der Waals surface area (Å²) in [7, 11) is 1.60. The van der Waals surface area contributed by atoms with E-state index in [-0.39, 0.29) is 5.69 Å². The number of hydrogen-bond acceptors (Lipinski definition) is 3. The number of thioether (sulfide) groups is 1. The van der Waals surface area contributed by atoms with Gasteiger partial charge < -0.3 is 0 Å². The molecule has 1 heterocycles. The molecule has 0 N–H and O–H groups in total. The predicted octanol–water partition coefficient (Wildman–Crippen LogP) is 4.79. The molecular formula is C15H16F4N2S2. The van der Waals surface area contributed by atoms with Crippen molar-refractivity contribution in [3.8, 4) is 5.69 Å². The molecule has 2 rings (SSSR count). The van der Waals surface area contributed by atoms with Crippen molar-refractivity contribution in [1.82, 2.24) is 4.57 Å². The summed E-state index contributed by atoms with van der Waals surface area (Å²) < 4.78 is 53.4. The molecule has 0 aliphatic heterocycles. The second kappa shape index (κ2) is 6.68. The largest absolute Gasteiger partial charge is 0.398 e. The highest BCUT2D eigenvalue weighted by atomic mass is 32.2. The Morgan fingerprint density at radius 2 is 1.87 bits per heavy atom. The smallest absolute Gasteiger partial charge is 0.287 e. The van der Waals surface area contributed by atoms with Gasteiger partial charge in [0.05, 0.1) is 11.4 Å². The molecule has 0 saturated heterocycles. The van der Waals surface area contributed by atoms with E-state index in [0.29, 0.717) is 27.0 Å².